The number of morpholine rings is 1. The van der Waals surface area contributed by atoms with E-state index >= 15 is 0 Å². The van der Waals surface area contributed by atoms with Gasteiger partial charge in [0.15, 0.2) is 0 Å². The lowest BCUT2D eigenvalue weighted by Gasteiger charge is -2.68. The Morgan fingerprint density at radius 2 is 2.00 bits per heavy atom. The molecule has 7 nitrogen and oxygen atoms in total. The van der Waals surface area contributed by atoms with Crippen LogP contribution in [0.25, 0.3) is 0 Å². The summed E-state index contributed by atoms with van der Waals surface area (Å²) < 4.78 is 11.2. The van der Waals surface area contributed by atoms with Gasteiger partial charge in [0.05, 0.1) is 30.8 Å². The number of aliphatic carboxylic acids is 1. The summed E-state index contributed by atoms with van der Waals surface area (Å²) in [5.74, 6) is -0.729. The summed E-state index contributed by atoms with van der Waals surface area (Å²) in [6.45, 7) is 2.38. The molecule has 0 radical (unpaired) electrons. The molecular weight excluding hydrogens is 288 g/mol. The molecule has 0 spiro atoms. The number of carboxylic acids is 1. The highest BCUT2D eigenvalue weighted by Crippen LogP contribution is 2.67. The number of carbonyl (C=O) groups is 2. The maximum Gasteiger partial charge on any atom is 0.318 e. The van der Waals surface area contributed by atoms with Gasteiger partial charge in [0.2, 0.25) is 0 Å². The zero-order chi connectivity index (χ0) is 15.4. The van der Waals surface area contributed by atoms with Crippen LogP contribution in [-0.2, 0) is 14.3 Å². The Morgan fingerprint density at radius 3 is 2.64 bits per heavy atom. The minimum atomic E-state index is -0.729. The van der Waals surface area contributed by atoms with Crippen LogP contribution in [0.1, 0.15) is 32.1 Å². The van der Waals surface area contributed by atoms with Gasteiger partial charge in [-0.1, -0.05) is 0 Å². The van der Waals surface area contributed by atoms with E-state index in [9.17, 15) is 9.59 Å². The Morgan fingerprint density at radius 1 is 1.23 bits per heavy atom. The molecule has 2 unspecified atom stereocenters. The van der Waals surface area contributed by atoms with Crippen molar-refractivity contribution in [3.05, 3.63) is 0 Å². The molecule has 5 aliphatic rings. The molecule has 2 amide bonds. The van der Waals surface area contributed by atoms with Gasteiger partial charge in [-0.2, -0.15) is 0 Å². The van der Waals surface area contributed by atoms with Gasteiger partial charge >= 0.3 is 12.0 Å². The van der Waals surface area contributed by atoms with Gasteiger partial charge in [-0.05, 0) is 32.1 Å². The number of nitrogens with zero attached hydrogens (tertiary/aromatic N) is 1. The minimum absolute atomic E-state index is 0.0305. The van der Waals surface area contributed by atoms with E-state index in [2.05, 4.69) is 5.32 Å². The van der Waals surface area contributed by atoms with Gasteiger partial charge < -0.3 is 24.8 Å². The van der Waals surface area contributed by atoms with Gasteiger partial charge in [-0.3, -0.25) is 4.79 Å². The number of urea groups is 1. The number of rotatable bonds is 3. The Hall–Kier alpha value is -1.34. The number of amides is 2. The van der Waals surface area contributed by atoms with Crippen LogP contribution in [0.4, 0.5) is 4.79 Å². The van der Waals surface area contributed by atoms with Crippen molar-refractivity contribution >= 4 is 12.0 Å². The highest BCUT2D eigenvalue weighted by Gasteiger charge is 2.72. The van der Waals surface area contributed by atoms with Crippen LogP contribution in [0.2, 0.25) is 0 Å². The van der Waals surface area contributed by atoms with Crippen LogP contribution < -0.4 is 5.32 Å². The van der Waals surface area contributed by atoms with E-state index in [-0.39, 0.29) is 23.7 Å². The molecule has 5 fully saturated rings. The summed E-state index contributed by atoms with van der Waals surface area (Å²) in [5, 5.41) is 12.2. The highest BCUT2D eigenvalue weighted by molar-refractivity contribution is 5.83. The minimum Gasteiger partial charge on any atom is -0.481 e. The molecule has 22 heavy (non-hydrogen) atoms. The van der Waals surface area contributed by atoms with Gasteiger partial charge in [0.1, 0.15) is 0 Å². The first-order valence-electron chi connectivity index (χ1n) is 8.05. The van der Waals surface area contributed by atoms with Crippen molar-refractivity contribution < 1.29 is 24.2 Å². The van der Waals surface area contributed by atoms with Crippen LogP contribution in [-0.4, -0.2) is 66.1 Å². The second-order valence-corrected chi connectivity index (χ2v) is 7.21. The summed E-state index contributed by atoms with van der Waals surface area (Å²) in [6, 6.07) is -0.125. The molecule has 2 saturated heterocycles. The maximum absolute atomic E-state index is 12.6. The average molecular weight is 310 g/mol. The summed E-state index contributed by atoms with van der Waals surface area (Å²) in [4.78, 5) is 25.6. The van der Waals surface area contributed by atoms with Crippen molar-refractivity contribution in [2.75, 3.05) is 26.4 Å². The SMILES string of the molecule is O=C(NC12CC(C(=O)O)(C1)C2)N1CCOCC1C1CCCO1. The second-order valence-electron chi connectivity index (χ2n) is 7.21. The number of carbonyl (C=O) groups excluding carboxylic acids is 1. The van der Waals surface area contributed by atoms with E-state index in [1.807, 2.05) is 4.90 Å². The molecule has 0 aromatic rings. The summed E-state index contributed by atoms with van der Waals surface area (Å²) in [5.41, 5.74) is -0.846. The smallest absolute Gasteiger partial charge is 0.318 e. The Kier molecular flexibility index (Phi) is 3.13. The van der Waals surface area contributed by atoms with Crippen molar-refractivity contribution in [2.45, 2.75) is 49.8 Å². The van der Waals surface area contributed by atoms with Crippen LogP contribution in [0, 0.1) is 5.41 Å². The van der Waals surface area contributed by atoms with E-state index in [0.29, 0.717) is 39.0 Å². The standard InChI is InChI=1S/C15H22N2O5/c18-12(19)14-7-15(8-14,9-14)16-13(20)17-3-5-21-6-10(17)11-2-1-4-22-11/h10-11H,1-9H2,(H,16,20)(H,18,19). The van der Waals surface area contributed by atoms with E-state index in [0.717, 1.165) is 19.4 Å². The molecule has 2 aliphatic heterocycles. The number of nitrogens with one attached hydrogen (secondary N) is 1. The molecule has 2 bridgehead atoms. The molecular formula is C15H22N2O5. The van der Waals surface area contributed by atoms with Crippen LogP contribution in [0.15, 0.2) is 0 Å². The van der Waals surface area contributed by atoms with Gasteiger partial charge in [-0.15, -0.1) is 0 Å². The highest BCUT2D eigenvalue weighted by atomic mass is 16.5. The van der Waals surface area contributed by atoms with Crippen LogP contribution >= 0.6 is 0 Å². The Labute approximate surface area is 128 Å². The summed E-state index contributed by atoms with van der Waals surface area (Å²) in [6.07, 6.45) is 3.75. The van der Waals surface area contributed by atoms with Crippen molar-refractivity contribution in [3.63, 3.8) is 0 Å². The average Bonchev–Trinajstić information content (AvgIpc) is 2.94. The number of hydrogen-bond donors (Lipinski definition) is 2. The molecule has 122 valence electrons. The zero-order valence-electron chi connectivity index (χ0n) is 12.5. The molecule has 3 saturated carbocycles. The zero-order valence-corrected chi connectivity index (χ0v) is 12.5. The lowest BCUT2D eigenvalue weighted by molar-refractivity contribution is -0.196. The third kappa shape index (κ3) is 2.02. The quantitative estimate of drug-likeness (QED) is 0.796. The largest absolute Gasteiger partial charge is 0.481 e. The lowest BCUT2D eigenvalue weighted by Crippen LogP contribution is -2.78. The first-order valence-corrected chi connectivity index (χ1v) is 8.05. The van der Waals surface area contributed by atoms with Crippen molar-refractivity contribution in [2.24, 2.45) is 5.41 Å². The molecule has 2 N–H and O–H groups in total. The van der Waals surface area contributed by atoms with Gasteiger partial charge in [0, 0.05) is 18.7 Å². The first-order chi connectivity index (χ1) is 10.5. The van der Waals surface area contributed by atoms with E-state index < -0.39 is 11.4 Å². The molecule has 2 atom stereocenters. The topological polar surface area (TPSA) is 88.1 Å². The fourth-order valence-corrected chi connectivity index (χ4v) is 4.53. The van der Waals surface area contributed by atoms with Crippen molar-refractivity contribution in [3.8, 4) is 0 Å². The molecule has 5 rings (SSSR count). The molecule has 7 heteroatoms. The molecule has 0 aromatic heterocycles. The predicted octanol–water partition coefficient (Wildman–Crippen LogP) is 0.583. The fourth-order valence-electron chi connectivity index (χ4n) is 4.53. The Bertz CT molecular complexity index is 482. The number of ether oxygens (including phenoxy) is 2. The maximum atomic E-state index is 12.6. The van der Waals surface area contributed by atoms with E-state index in [1.54, 1.807) is 0 Å². The second kappa shape index (κ2) is 4.83. The van der Waals surface area contributed by atoms with Crippen molar-refractivity contribution in [1.29, 1.82) is 0 Å². The molecule has 2 heterocycles. The molecule has 3 aliphatic carbocycles. The molecule has 0 aromatic carbocycles. The monoisotopic (exact) mass is 310 g/mol. The summed E-state index contributed by atoms with van der Waals surface area (Å²) in [7, 11) is 0. The normalized spacial score (nSPS) is 43.2. The van der Waals surface area contributed by atoms with Crippen molar-refractivity contribution in [1.82, 2.24) is 10.2 Å². The van der Waals surface area contributed by atoms with Crippen LogP contribution in [0.5, 0.6) is 0 Å². The van der Waals surface area contributed by atoms with Gasteiger partial charge in [0.25, 0.3) is 0 Å². The van der Waals surface area contributed by atoms with Crippen LogP contribution in [0.3, 0.4) is 0 Å². The third-order valence-electron chi connectivity index (χ3n) is 5.68. The predicted molar refractivity (Wildman–Crippen MR) is 75.5 cm³/mol. The first kappa shape index (κ1) is 14.3. The Balaban J connectivity index is 1.38. The summed E-state index contributed by atoms with van der Waals surface area (Å²) >= 11 is 0. The van der Waals surface area contributed by atoms with E-state index in [1.165, 1.54) is 0 Å². The fraction of sp³-hybridized carbons (Fsp3) is 0.867. The third-order valence-corrected chi connectivity index (χ3v) is 5.68. The number of carboxylic acid groups (broad SMARTS) is 1. The van der Waals surface area contributed by atoms with Gasteiger partial charge in [-0.25, -0.2) is 4.79 Å². The lowest BCUT2D eigenvalue weighted by atomic mass is 9.39. The van der Waals surface area contributed by atoms with E-state index in [4.69, 9.17) is 14.6 Å². The number of hydrogen-bond acceptors (Lipinski definition) is 4.